The van der Waals surface area contributed by atoms with E-state index >= 15 is 0 Å². The van der Waals surface area contributed by atoms with Gasteiger partial charge < -0.3 is 16.0 Å². The van der Waals surface area contributed by atoms with Crippen molar-refractivity contribution in [2.24, 2.45) is 0 Å². The Morgan fingerprint density at radius 1 is 1.20 bits per heavy atom. The minimum atomic E-state index is -0.348. The van der Waals surface area contributed by atoms with E-state index in [1.165, 1.54) is 10.9 Å². The van der Waals surface area contributed by atoms with Crippen molar-refractivity contribution >= 4 is 50.9 Å². The third kappa shape index (κ3) is 4.44. The highest BCUT2D eigenvalue weighted by Gasteiger charge is 2.09. The molecule has 0 radical (unpaired) electrons. The van der Waals surface area contributed by atoms with Crippen LogP contribution in [0, 0.1) is 12.3 Å². The van der Waals surface area contributed by atoms with Crippen molar-refractivity contribution in [3.8, 4) is 0 Å². The van der Waals surface area contributed by atoms with Crippen molar-refractivity contribution in [1.29, 1.82) is 5.41 Å². The van der Waals surface area contributed by atoms with Crippen molar-refractivity contribution in [2.45, 2.75) is 13.5 Å². The third-order valence-electron chi connectivity index (χ3n) is 4.51. The normalized spacial score (nSPS) is 10.6. The lowest BCUT2D eigenvalue weighted by atomic mass is 10.2. The monoisotopic (exact) mass is 416 g/mol. The van der Waals surface area contributed by atoms with Crippen molar-refractivity contribution < 1.29 is 4.79 Å². The molecule has 4 aromatic rings. The van der Waals surface area contributed by atoms with Crippen LogP contribution in [0.15, 0.2) is 60.2 Å². The number of fused-ring (bicyclic) bond motifs is 1. The quantitative estimate of drug-likeness (QED) is 0.330. The van der Waals surface area contributed by atoms with E-state index in [0.29, 0.717) is 23.6 Å². The number of urea groups is 1. The number of aromatic nitrogens is 2. The summed E-state index contributed by atoms with van der Waals surface area (Å²) in [6.45, 7) is 2.33. The second kappa shape index (κ2) is 8.71. The smallest absolute Gasteiger partial charge is 0.320 e. The molecule has 30 heavy (non-hydrogen) atoms. The van der Waals surface area contributed by atoms with Crippen LogP contribution in [0.1, 0.15) is 16.8 Å². The maximum Gasteiger partial charge on any atom is 0.320 e. The number of aryl methyl sites for hydroxylation is 1. The van der Waals surface area contributed by atoms with Crippen LogP contribution >= 0.6 is 11.3 Å². The SMILES string of the molecule is Cc1cc(Nc2cnc(NC(=O)NCc3csc4ccccc34)cc2C=N)ccn1. The second-order valence-corrected chi connectivity index (χ2v) is 7.59. The summed E-state index contributed by atoms with van der Waals surface area (Å²) in [5.41, 5.74) is 4.10. The lowest BCUT2D eigenvalue weighted by Gasteiger charge is -2.12. The van der Waals surface area contributed by atoms with Crippen LogP contribution in [-0.2, 0) is 6.54 Å². The average molecular weight is 417 g/mol. The molecular weight excluding hydrogens is 396 g/mol. The number of carbonyl (C=O) groups is 1. The molecule has 0 bridgehead atoms. The van der Waals surface area contributed by atoms with Gasteiger partial charge in [0.1, 0.15) is 5.82 Å². The van der Waals surface area contributed by atoms with E-state index in [1.807, 2.05) is 31.2 Å². The molecule has 2 amide bonds. The number of amides is 2. The van der Waals surface area contributed by atoms with E-state index in [2.05, 4.69) is 43.4 Å². The van der Waals surface area contributed by atoms with E-state index in [4.69, 9.17) is 5.41 Å². The molecule has 150 valence electrons. The molecule has 0 spiro atoms. The first-order chi connectivity index (χ1) is 14.6. The molecule has 4 N–H and O–H groups in total. The first-order valence-electron chi connectivity index (χ1n) is 9.32. The van der Waals surface area contributed by atoms with Gasteiger partial charge in [-0.05, 0) is 47.5 Å². The van der Waals surface area contributed by atoms with Gasteiger partial charge in [0.2, 0.25) is 0 Å². The Hall–Kier alpha value is -3.78. The van der Waals surface area contributed by atoms with Crippen LogP contribution in [0.2, 0.25) is 0 Å². The highest BCUT2D eigenvalue weighted by atomic mass is 32.1. The van der Waals surface area contributed by atoms with Gasteiger partial charge in [-0.3, -0.25) is 10.3 Å². The highest BCUT2D eigenvalue weighted by Crippen LogP contribution is 2.25. The number of hydrogen-bond acceptors (Lipinski definition) is 6. The summed E-state index contributed by atoms with van der Waals surface area (Å²) in [6.07, 6.45) is 4.53. The van der Waals surface area contributed by atoms with Crippen LogP contribution in [-0.4, -0.2) is 22.2 Å². The van der Waals surface area contributed by atoms with E-state index in [1.54, 1.807) is 29.8 Å². The summed E-state index contributed by atoms with van der Waals surface area (Å²) in [5, 5.41) is 19.7. The fraction of sp³-hybridized carbons (Fsp3) is 0.0909. The Morgan fingerprint density at radius 2 is 2.07 bits per heavy atom. The summed E-state index contributed by atoms with van der Waals surface area (Å²) in [6, 6.07) is 13.2. The topological polar surface area (TPSA) is 103 Å². The fourth-order valence-corrected chi connectivity index (χ4v) is 4.01. The summed E-state index contributed by atoms with van der Waals surface area (Å²) in [4.78, 5) is 20.8. The predicted octanol–water partition coefficient (Wildman–Crippen LogP) is 5.06. The minimum Gasteiger partial charge on any atom is -0.354 e. The number of rotatable bonds is 6. The molecule has 0 atom stereocenters. The number of benzene rings is 1. The number of hydrogen-bond donors (Lipinski definition) is 4. The second-order valence-electron chi connectivity index (χ2n) is 6.68. The van der Waals surface area contributed by atoms with Crippen molar-refractivity contribution in [2.75, 3.05) is 10.6 Å². The van der Waals surface area contributed by atoms with Crippen LogP contribution < -0.4 is 16.0 Å². The van der Waals surface area contributed by atoms with Crippen LogP contribution in [0.3, 0.4) is 0 Å². The van der Waals surface area contributed by atoms with Gasteiger partial charge in [-0.25, -0.2) is 9.78 Å². The molecule has 0 saturated heterocycles. The lowest BCUT2D eigenvalue weighted by Crippen LogP contribution is -2.28. The molecule has 0 aliphatic carbocycles. The average Bonchev–Trinajstić information content (AvgIpc) is 3.16. The lowest BCUT2D eigenvalue weighted by molar-refractivity contribution is 0.251. The van der Waals surface area contributed by atoms with Crippen LogP contribution in [0.25, 0.3) is 10.1 Å². The largest absolute Gasteiger partial charge is 0.354 e. The number of carbonyl (C=O) groups excluding carboxylic acids is 1. The Morgan fingerprint density at radius 3 is 2.90 bits per heavy atom. The molecule has 0 fully saturated rings. The molecule has 4 rings (SSSR count). The number of nitrogens with one attached hydrogen (secondary N) is 4. The van der Waals surface area contributed by atoms with Gasteiger partial charge >= 0.3 is 6.03 Å². The van der Waals surface area contributed by atoms with Gasteiger partial charge in [0.15, 0.2) is 0 Å². The molecule has 3 heterocycles. The van der Waals surface area contributed by atoms with E-state index < -0.39 is 0 Å². The maximum atomic E-state index is 12.3. The van der Waals surface area contributed by atoms with Gasteiger partial charge in [0.25, 0.3) is 0 Å². The zero-order chi connectivity index (χ0) is 20.9. The molecule has 1 aromatic carbocycles. The molecule has 0 aliphatic heterocycles. The molecule has 8 heteroatoms. The van der Waals surface area contributed by atoms with E-state index in [0.717, 1.165) is 22.3 Å². The zero-order valence-electron chi connectivity index (χ0n) is 16.3. The minimum absolute atomic E-state index is 0.348. The van der Waals surface area contributed by atoms with Crippen molar-refractivity contribution in [3.05, 3.63) is 77.1 Å². The zero-order valence-corrected chi connectivity index (χ0v) is 17.1. The Kier molecular flexibility index (Phi) is 5.67. The van der Waals surface area contributed by atoms with E-state index in [9.17, 15) is 4.79 Å². The molecule has 0 unspecified atom stereocenters. The third-order valence-corrected chi connectivity index (χ3v) is 5.52. The summed E-state index contributed by atoms with van der Waals surface area (Å²) in [7, 11) is 0. The number of nitrogens with zero attached hydrogens (tertiary/aromatic N) is 2. The molecule has 0 saturated carbocycles. The molecule has 3 aromatic heterocycles. The first kappa shape index (κ1) is 19.5. The van der Waals surface area contributed by atoms with Crippen molar-refractivity contribution in [1.82, 2.24) is 15.3 Å². The predicted molar refractivity (Wildman–Crippen MR) is 122 cm³/mol. The molecule has 0 aliphatic rings. The Bertz CT molecular complexity index is 1220. The fourth-order valence-electron chi connectivity index (χ4n) is 3.05. The van der Waals surface area contributed by atoms with Crippen LogP contribution in [0.5, 0.6) is 0 Å². The number of anilines is 3. The summed E-state index contributed by atoms with van der Waals surface area (Å²) in [5.74, 6) is 0.373. The number of pyridine rings is 2. The van der Waals surface area contributed by atoms with Gasteiger partial charge in [-0.15, -0.1) is 11.3 Å². The standard InChI is InChI=1S/C22H20N6OS/c1-14-8-17(6-7-24-14)27-19-12-25-21(9-15(19)10-23)28-22(29)26-11-16-13-30-20-5-3-2-4-18(16)20/h2-10,12-13,23H,11H2,1H3,(H,24,27)(H2,25,26,28,29). The summed E-state index contributed by atoms with van der Waals surface area (Å²) >= 11 is 1.66. The molecular formula is C22H20N6OS. The highest BCUT2D eigenvalue weighted by molar-refractivity contribution is 7.17. The molecule has 7 nitrogen and oxygen atoms in total. The van der Waals surface area contributed by atoms with Gasteiger partial charge in [-0.2, -0.15) is 0 Å². The Labute approximate surface area is 177 Å². The maximum absolute atomic E-state index is 12.3. The van der Waals surface area contributed by atoms with Gasteiger partial charge in [-0.1, -0.05) is 18.2 Å². The first-order valence-corrected chi connectivity index (χ1v) is 10.2. The Balaban J connectivity index is 1.41. The van der Waals surface area contributed by atoms with Gasteiger partial charge in [0, 0.05) is 40.6 Å². The van der Waals surface area contributed by atoms with Crippen LogP contribution in [0.4, 0.5) is 22.0 Å². The van der Waals surface area contributed by atoms with Crippen molar-refractivity contribution in [3.63, 3.8) is 0 Å². The summed E-state index contributed by atoms with van der Waals surface area (Å²) < 4.78 is 1.19. The number of thiophene rings is 1. The van der Waals surface area contributed by atoms with Gasteiger partial charge in [0.05, 0.1) is 11.9 Å². The van der Waals surface area contributed by atoms with E-state index in [-0.39, 0.29) is 6.03 Å².